The van der Waals surface area contributed by atoms with E-state index < -0.39 is 0 Å². The van der Waals surface area contributed by atoms with Crippen molar-refractivity contribution in [2.24, 2.45) is 0 Å². The SMILES string of the molecule is C=CCCC(c1ccccc1)(C1C=Cc2ccccc21)C1c2ccccc2-c2ccccc21. The lowest BCUT2D eigenvalue weighted by molar-refractivity contribution is 0.321. The van der Waals surface area contributed by atoms with Gasteiger partial charge in [-0.3, -0.25) is 0 Å². The summed E-state index contributed by atoms with van der Waals surface area (Å²) < 4.78 is 0. The average Bonchev–Trinajstić information content (AvgIpc) is 3.46. The third-order valence-corrected chi connectivity index (χ3v) is 7.78. The molecule has 2 unspecified atom stereocenters. The van der Waals surface area contributed by atoms with Crippen LogP contribution in [0.2, 0.25) is 0 Å². The summed E-state index contributed by atoms with van der Waals surface area (Å²) in [4.78, 5) is 0. The topological polar surface area (TPSA) is 0 Å². The molecule has 0 nitrogen and oxygen atoms in total. The summed E-state index contributed by atoms with van der Waals surface area (Å²) in [7, 11) is 0. The van der Waals surface area contributed by atoms with Crippen LogP contribution in [0.3, 0.4) is 0 Å². The van der Waals surface area contributed by atoms with Crippen molar-refractivity contribution in [1.29, 1.82) is 0 Å². The molecule has 0 saturated heterocycles. The first-order valence-electron chi connectivity index (χ1n) is 12.0. The van der Waals surface area contributed by atoms with Gasteiger partial charge in [-0.2, -0.15) is 0 Å². The van der Waals surface area contributed by atoms with E-state index in [-0.39, 0.29) is 11.3 Å². The lowest BCUT2D eigenvalue weighted by Gasteiger charge is -2.45. The Morgan fingerprint density at radius 3 is 1.91 bits per heavy atom. The lowest BCUT2D eigenvalue weighted by atomic mass is 9.56. The molecule has 0 heteroatoms. The Labute approximate surface area is 196 Å². The zero-order valence-corrected chi connectivity index (χ0v) is 18.8. The highest BCUT2D eigenvalue weighted by atomic mass is 14.5. The highest BCUT2D eigenvalue weighted by molar-refractivity contribution is 5.80. The first-order chi connectivity index (χ1) is 16.3. The maximum Gasteiger partial charge on any atom is 0.0208 e. The van der Waals surface area contributed by atoms with E-state index in [0.717, 1.165) is 12.8 Å². The second kappa shape index (κ2) is 8.05. The van der Waals surface area contributed by atoms with Gasteiger partial charge in [-0.15, -0.1) is 6.58 Å². The standard InChI is InChI=1S/C33H28/c1-2-3-23-33(25-14-5-4-6-15-25,31-22-21-24-13-7-8-16-26(24)31)32-29-19-11-9-17-27(29)28-18-10-12-20-30(28)32/h2,4-22,31-32H,1,3,23H2. The highest BCUT2D eigenvalue weighted by Gasteiger charge is 2.51. The Hall–Kier alpha value is -3.64. The molecule has 0 heterocycles. The molecule has 0 radical (unpaired) electrons. The van der Waals surface area contributed by atoms with Crippen LogP contribution in [0, 0.1) is 0 Å². The molecule has 4 aromatic rings. The largest absolute Gasteiger partial charge is 0.103 e. The number of allylic oxidation sites excluding steroid dienone is 2. The van der Waals surface area contributed by atoms with Crippen molar-refractivity contribution < 1.29 is 0 Å². The van der Waals surface area contributed by atoms with Gasteiger partial charge in [-0.25, -0.2) is 0 Å². The molecule has 0 aliphatic heterocycles. The minimum atomic E-state index is -0.124. The van der Waals surface area contributed by atoms with E-state index in [4.69, 9.17) is 0 Å². The molecule has 0 bridgehead atoms. The average molecular weight is 425 g/mol. The molecule has 0 aromatic heterocycles. The number of hydrogen-bond acceptors (Lipinski definition) is 0. The van der Waals surface area contributed by atoms with E-state index in [1.165, 1.54) is 38.9 Å². The predicted molar refractivity (Wildman–Crippen MR) is 139 cm³/mol. The lowest BCUT2D eigenvalue weighted by Crippen LogP contribution is -2.39. The molecule has 2 atom stereocenters. The molecular formula is C33H28. The number of fused-ring (bicyclic) bond motifs is 4. The van der Waals surface area contributed by atoms with Crippen molar-refractivity contribution in [2.45, 2.75) is 30.1 Å². The van der Waals surface area contributed by atoms with Crippen LogP contribution >= 0.6 is 0 Å². The molecule has 2 aliphatic carbocycles. The van der Waals surface area contributed by atoms with Gasteiger partial charge >= 0.3 is 0 Å². The van der Waals surface area contributed by atoms with Crippen LogP contribution in [0.4, 0.5) is 0 Å². The first-order valence-corrected chi connectivity index (χ1v) is 12.0. The quantitative estimate of drug-likeness (QED) is 0.272. The summed E-state index contributed by atoms with van der Waals surface area (Å²) in [5.74, 6) is 0.563. The molecule has 2 aliphatic rings. The van der Waals surface area contributed by atoms with Crippen LogP contribution in [0.5, 0.6) is 0 Å². The number of hydrogen-bond donors (Lipinski definition) is 0. The predicted octanol–water partition coefficient (Wildman–Crippen LogP) is 8.51. The van der Waals surface area contributed by atoms with Gasteiger partial charge in [0, 0.05) is 17.3 Å². The molecule has 33 heavy (non-hydrogen) atoms. The van der Waals surface area contributed by atoms with Crippen LogP contribution < -0.4 is 0 Å². The normalized spacial score (nSPS) is 17.8. The highest BCUT2D eigenvalue weighted by Crippen LogP contribution is 2.61. The van der Waals surface area contributed by atoms with Crippen molar-refractivity contribution in [2.75, 3.05) is 0 Å². The van der Waals surface area contributed by atoms with Gasteiger partial charge in [-0.1, -0.05) is 121 Å². The minimum Gasteiger partial charge on any atom is -0.103 e. The van der Waals surface area contributed by atoms with Crippen LogP contribution in [0.15, 0.2) is 122 Å². The van der Waals surface area contributed by atoms with E-state index in [0.29, 0.717) is 5.92 Å². The van der Waals surface area contributed by atoms with Gasteiger partial charge in [0.1, 0.15) is 0 Å². The molecule has 4 aromatic carbocycles. The molecule has 0 saturated carbocycles. The van der Waals surface area contributed by atoms with Crippen molar-refractivity contribution >= 4 is 6.08 Å². The van der Waals surface area contributed by atoms with Gasteiger partial charge in [0.15, 0.2) is 0 Å². The molecule has 0 spiro atoms. The van der Waals surface area contributed by atoms with Crippen LogP contribution in [-0.2, 0) is 5.41 Å². The molecular weight excluding hydrogens is 396 g/mol. The van der Waals surface area contributed by atoms with Gasteiger partial charge in [0.2, 0.25) is 0 Å². The zero-order valence-electron chi connectivity index (χ0n) is 18.8. The van der Waals surface area contributed by atoms with Crippen molar-refractivity contribution in [3.8, 4) is 11.1 Å². The molecule has 0 fully saturated rings. The van der Waals surface area contributed by atoms with Gasteiger partial charge in [0.25, 0.3) is 0 Å². The van der Waals surface area contributed by atoms with Crippen molar-refractivity contribution in [3.63, 3.8) is 0 Å². The minimum absolute atomic E-state index is 0.124. The Bertz CT molecular complexity index is 1300. The summed E-state index contributed by atoms with van der Waals surface area (Å²) in [5, 5.41) is 0. The van der Waals surface area contributed by atoms with Crippen molar-refractivity contribution in [1.82, 2.24) is 0 Å². The Morgan fingerprint density at radius 2 is 1.24 bits per heavy atom. The molecule has 160 valence electrons. The summed E-state index contributed by atoms with van der Waals surface area (Å²) in [6, 6.07) is 38.3. The maximum absolute atomic E-state index is 4.13. The fourth-order valence-corrected chi connectivity index (χ4v) is 6.47. The third kappa shape index (κ3) is 2.98. The van der Waals surface area contributed by atoms with Gasteiger partial charge in [0.05, 0.1) is 0 Å². The number of rotatable bonds is 6. The number of benzene rings is 4. The van der Waals surface area contributed by atoms with E-state index >= 15 is 0 Å². The van der Waals surface area contributed by atoms with E-state index in [1.54, 1.807) is 0 Å². The Balaban J connectivity index is 1.69. The van der Waals surface area contributed by atoms with Gasteiger partial charge < -0.3 is 0 Å². The Morgan fingerprint density at radius 1 is 0.667 bits per heavy atom. The van der Waals surface area contributed by atoms with Crippen LogP contribution in [0.1, 0.15) is 52.5 Å². The van der Waals surface area contributed by atoms with E-state index in [9.17, 15) is 0 Å². The summed E-state index contributed by atoms with van der Waals surface area (Å²) in [5.41, 5.74) is 9.73. The second-order valence-corrected chi connectivity index (χ2v) is 9.31. The van der Waals surface area contributed by atoms with E-state index in [1.807, 2.05) is 0 Å². The fraction of sp³-hybridized carbons (Fsp3) is 0.152. The monoisotopic (exact) mass is 424 g/mol. The maximum atomic E-state index is 4.13. The van der Waals surface area contributed by atoms with Crippen LogP contribution in [-0.4, -0.2) is 0 Å². The summed E-state index contributed by atoms with van der Waals surface area (Å²) >= 11 is 0. The van der Waals surface area contributed by atoms with E-state index in [2.05, 4.69) is 128 Å². The molecule has 6 rings (SSSR count). The third-order valence-electron chi connectivity index (χ3n) is 7.78. The zero-order chi connectivity index (χ0) is 22.3. The summed E-state index contributed by atoms with van der Waals surface area (Å²) in [6.07, 6.45) is 8.90. The van der Waals surface area contributed by atoms with Crippen LogP contribution in [0.25, 0.3) is 17.2 Å². The Kier molecular flexibility index (Phi) is 4.88. The first kappa shape index (κ1) is 20.0. The summed E-state index contributed by atoms with van der Waals surface area (Å²) in [6.45, 7) is 4.13. The molecule has 0 N–H and O–H groups in total. The second-order valence-electron chi connectivity index (χ2n) is 9.31. The molecule has 0 amide bonds. The van der Waals surface area contributed by atoms with Crippen molar-refractivity contribution in [3.05, 3.63) is 150 Å². The van der Waals surface area contributed by atoms with Gasteiger partial charge in [-0.05, 0) is 51.8 Å². The fourth-order valence-electron chi connectivity index (χ4n) is 6.47. The smallest absolute Gasteiger partial charge is 0.0208 e.